The first-order valence-corrected chi connectivity index (χ1v) is 7.02. The van der Waals surface area contributed by atoms with Crippen LogP contribution in [0.5, 0.6) is 0 Å². The first-order valence-electron chi connectivity index (χ1n) is 5.20. The molecule has 1 aromatic carbocycles. The summed E-state index contributed by atoms with van der Waals surface area (Å²) in [6.07, 6.45) is 0.154. The van der Waals surface area contributed by atoms with Crippen LogP contribution in [0, 0.1) is 0 Å². The summed E-state index contributed by atoms with van der Waals surface area (Å²) in [5.41, 5.74) is 0.565. The molecule has 0 saturated carbocycles. The van der Waals surface area contributed by atoms with Gasteiger partial charge in [0.1, 0.15) is 5.75 Å². The molecule has 0 bridgehead atoms. The van der Waals surface area contributed by atoms with Crippen LogP contribution in [0.3, 0.4) is 0 Å². The van der Waals surface area contributed by atoms with Crippen molar-refractivity contribution in [2.75, 3.05) is 23.4 Å². The van der Waals surface area contributed by atoms with Crippen LogP contribution < -0.4 is 5.32 Å². The van der Waals surface area contributed by atoms with Crippen LogP contribution in [0.1, 0.15) is 6.42 Å². The maximum absolute atomic E-state index is 11.4. The van der Waals surface area contributed by atoms with E-state index in [2.05, 4.69) is 5.32 Å². The molecule has 0 atom stereocenters. The Morgan fingerprint density at radius 2 is 1.88 bits per heavy atom. The summed E-state index contributed by atoms with van der Waals surface area (Å²) in [6, 6.07) is 8.65. The van der Waals surface area contributed by atoms with Crippen molar-refractivity contribution in [3.05, 3.63) is 30.3 Å². The molecule has 2 N–H and O–H groups in total. The molecule has 0 saturated heterocycles. The van der Waals surface area contributed by atoms with Crippen LogP contribution >= 0.6 is 0 Å². The molecule has 1 rings (SSSR count). The van der Waals surface area contributed by atoms with E-state index in [1.54, 1.807) is 30.3 Å². The number of sulfone groups is 1. The highest BCUT2D eigenvalue weighted by Gasteiger charge is 2.16. The third-order valence-electron chi connectivity index (χ3n) is 2.02. The number of rotatable bonds is 6. The number of nitrogens with one attached hydrogen (secondary N) is 1. The lowest BCUT2D eigenvalue weighted by Crippen LogP contribution is -2.25. The topological polar surface area (TPSA) is 83.5 Å². The van der Waals surface area contributed by atoms with E-state index in [0.717, 1.165) is 0 Å². The summed E-state index contributed by atoms with van der Waals surface area (Å²) in [5, 5.41) is 11.0. The lowest BCUT2D eigenvalue weighted by molar-refractivity contribution is -0.113. The minimum atomic E-state index is -3.44. The van der Waals surface area contributed by atoms with Gasteiger partial charge in [-0.3, -0.25) is 4.79 Å². The molecule has 94 valence electrons. The van der Waals surface area contributed by atoms with E-state index in [1.165, 1.54) is 0 Å². The molecule has 0 spiro atoms. The number of carbonyl (C=O) groups excluding carboxylic acids is 1. The van der Waals surface area contributed by atoms with Gasteiger partial charge in [-0.2, -0.15) is 0 Å². The summed E-state index contributed by atoms with van der Waals surface area (Å²) in [6.45, 7) is -0.195. The molecule has 0 radical (unpaired) electrons. The molecule has 0 aliphatic heterocycles. The van der Waals surface area contributed by atoms with Crippen LogP contribution in [0.2, 0.25) is 0 Å². The SMILES string of the molecule is O=C(CS(=O)(=O)CCCO)Nc1ccccc1. The standard InChI is InChI=1S/C11H15NO4S/c13-7-4-8-17(15,16)9-11(14)12-10-5-2-1-3-6-10/h1-3,5-6,13H,4,7-9H2,(H,12,14). The Morgan fingerprint density at radius 1 is 1.24 bits per heavy atom. The second-order valence-electron chi connectivity index (χ2n) is 3.58. The third kappa shape index (κ3) is 5.46. The molecule has 5 nitrogen and oxygen atoms in total. The van der Waals surface area contributed by atoms with Crippen molar-refractivity contribution < 1.29 is 18.3 Å². The summed E-state index contributed by atoms with van der Waals surface area (Å²) in [4.78, 5) is 11.4. The van der Waals surface area contributed by atoms with Crippen molar-refractivity contribution in [3.8, 4) is 0 Å². The van der Waals surface area contributed by atoms with Crippen molar-refractivity contribution in [2.45, 2.75) is 6.42 Å². The van der Waals surface area contributed by atoms with Gasteiger partial charge in [0.15, 0.2) is 9.84 Å². The fourth-order valence-electron chi connectivity index (χ4n) is 1.27. The van der Waals surface area contributed by atoms with Gasteiger partial charge in [0.25, 0.3) is 0 Å². The van der Waals surface area contributed by atoms with E-state index < -0.39 is 21.5 Å². The third-order valence-corrected chi connectivity index (χ3v) is 3.63. The zero-order chi connectivity index (χ0) is 12.7. The highest BCUT2D eigenvalue weighted by atomic mass is 32.2. The highest BCUT2D eigenvalue weighted by Crippen LogP contribution is 2.05. The molecule has 1 aromatic rings. The molecule has 1 amide bonds. The number of amides is 1. The van der Waals surface area contributed by atoms with Gasteiger partial charge in [-0.05, 0) is 18.6 Å². The fourth-order valence-corrected chi connectivity index (χ4v) is 2.46. The summed E-state index contributed by atoms with van der Waals surface area (Å²) >= 11 is 0. The Labute approximate surface area is 100 Å². The lowest BCUT2D eigenvalue weighted by atomic mass is 10.3. The van der Waals surface area contributed by atoms with E-state index >= 15 is 0 Å². The monoisotopic (exact) mass is 257 g/mol. The van der Waals surface area contributed by atoms with E-state index in [4.69, 9.17) is 5.11 Å². The van der Waals surface area contributed by atoms with E-state index in [-0.39, 0.29) is 18.8 Å². The molecule has 17 heavy (non-hydrogen) atoms. The van der Waals surface area contributed by atoms with Crippen molar-refractivity contribution in [2.24, 2.45) is 0 Å². The molecular formula is C11H15NO4S. The first kappa shape index (κ1) is 13.7. The lowest BCUT2D eigenvalue weighted by Gasteiger charge is -2.05. The molecule has 0 heterocycles. The molecule has 0 aliphatic carbocycles. The maximum Gasteiger partial charge on any atom is 0.239 e. The molecule has 0 fully saturated rings. The molecular weight excluding hydrogens is 242 g/mol. The van der Waals surface area contributed by atoms with Crippen LogP contribution in [0.4, 0.5) is 5.69 Å². The second kappa shape index (κ2) is 6.36. The number of aliphatic hydroxyl groups is 1. The van der Waals surface area contributed by atoms with Crippen molar-refractivity contribution in [3.63, 3.8) is 0 Å². The molecule has 0 aromatic heterocycles. The average molecular weight is 257 g/mol. The minimum Gasteiger partial charge on any atom is -0.396 e. The predicted molar refractivity (Wildman–Crippen MR) is 65.4 cm³/mol. The van der Waals surface area contributed by atoms with Gasteiger partial charge >= 0.3 is 0 Å². The highest BCUT2D eigenvalue weighted by molar-refractivity contribution is 7.92. The van der Waals surface area contributed by atoms with Crippen LogP contribution in [-0.4, -0.2) is 37.5 Å². The van der Waals surface area contributed by atoms with E-state index in [9.17, 15) is 13.2 Å². The Bertz CT molecular complexity index is 456. The smallest absolute Gasteiger partial charge is 0.239 e. The number of benzene rings is 1. The average Bonchev–Trinajstić information content (AvgIpc) is 2.27. The quantitative estimate of drug-likeness (QED) is 0.773. The molecule has 0 aliphatic rings. The number of hydrogen-bond acceptors (Lipinski definition) is 4. The zero-order valence-electron chi connectivity index (χ0n) is 9.30. The number of anilines is 1. The summed E-state index contributed by atoms with van der Waals surface area (Å²) in [5.74, 6) is -1.29. The largest absolute Gasteiger partial charge is 0.396 e. The van der Waals surface area contributed by atoms with Gasteiger partial charge in [-0.15, -0.1) is 0 Å². The Balaban J connectivity index is 2.50. The van der Waals surface area contributed by atoms with Crippen molar-refractivity contribution in [1.29, 1.82) is 0 Å². The van der Waals surface area contributed by atoms with Crippen molar-refractivity contribution >= 4 is 21.4 Å². The Morgan fingerprint density at radius 3 is 2.47 bits per heavy atom. The molecule has 0 unspecified atom stereocenters. The number of para-hydroxylation sites is 1. The van der Waals surface area contributed by atoms with Gasteiger partial charge in [-0.1, -0.05) is 18.2 Å². The van der Waals surface area contributed by atoms with Gasteiger partial charge < -0.3 is 10.4 Å². The predicted octanol–water partition coefficient (Wildman–Crippen LogP) is 0.422. The van der Waals surface area contributed by atoms with Gasteiger partial charge in [0, 0.05) is 12.3 Å². The van der Waals surface area contributed by atoms with Gasteiger partial charge in [0.2, 0.25) is 5.91 Å². The first-order chi connectivity index (χ1) is 8.03. The summed E-state index contributed by atoms with van der Waals surface area (Å²) < 4.78 is 22.8. The fraction of sp³-hybridized carbons (Fsp3) is 0.364. The van der Waals surface area contributed by atoms with E-state index in [0.29, 0.717) is 5.69 Å². The summed E-state index contributed by atoms with van der Waals surface area (Å²) in [7, 11) is -3.44. The number of carbonyl (C=O) groups is 1. The number of hydrogen-bond donors (Lipinski definition) is 2. The van der Waals surface area contributed by atoms with Gasteiger partial charge in [-0.25, -0.2) is 8.42 Å². The Hall–Kier alpha value is -1.40. The van der Waals surface area contributed by atoms with E-state index in [1.807, 2.05) is 0 Å². The van der Waals surface area contributed by atoms with Crippen LogP contribution in [-0.2, 0) is 14.6 Å². The normalized spacial score (nSPS) is 11.1. The Kier molecular flexibility index (Phi) is 5.11. The van der Waals surface area contributed by atoms with Gasteiger partial charge in [0.05, 0.1) is 5.75 Å². The maximum atomic E-state index is 11.4. The zero-order valence-corrected chi connectivity index (χ0v) is 10.1. The minimum absolute atomic E-state index is 0.154. The second-order valence-corrected chi connectivity index (χ2v) is 5.77. The van der Waals surface area contributed by atoms with Crippen molar-refractivity contribution in [1.82, 2.24) is 0 Å². The van der Waals surface area contributed by atoms with Crippen LogP contribution in [0.15, 0.2) is 30.3 Å². The molecule has 6 heteroatoms. The van der Waals surface area contributed by atoms with Crippen LogP contribution in [0.25, 0.3) is 0 Å². The number of aliphatic hydroxyl groups excluding tert-OH is 1.